The summed E-state index contributed by atoms with van der Waals surface area (Å²) >= 11 is 0. The molecule has 1 heterocycles. The molecule has 3 nitrogen and oxygen atoms in total. The first-order valence-corrected chi connectivity index (χ1v) is 6.89. The van der Waals surface area contributed by atoms with Crippen LogP contribution in [0.2, 0.25) is 0 Å². The standard InChI is InChI=1S/C13H27N3/c1-14-12-5-3-6-13(11-12)16-8-4-7-15(2)9-10-16/h12-14H,3-11H2,1-2H3/t12-,13+/m0/s1. The second kappa shape index (κ2) is 5.99. The van der Waals surface area contributed by atoms with E-state index in [4.69, 9.17) is 0 Å². The largest absolute Gasteiger partial charge is 0.317 e. The van der Waals surface area contributed by atoms with Gasteiger partial charge >= 0.3 is 0 Å². The first-order chi connectivity index (χ1) is 7.79. The molecule has 0 spiro atoms. The summed E-state index contributed by atoms with van der Waals surface area (Å²) in [5, 5.41) is 3.46. The molecule has 0 aromatic heterocycles. The summed E-state index contributed by atoms with van der Waals surface area (Å²) < 4.78 is 0. The number of hydrogen-bond donors (Lipinski definition) is 1. The minimum absolute atomic E-state index is 0.764. The molecule has 2 rings (SSSR count). The number of rotatable bonds is 2. The molecule has 94 valence electrons. The van der Waals surface area contributed by atoms with Crippen molar-refractivity contribution < 1.29 is 0 Å². The molecule has 0 amide bonds. The zero-order valence-corrected chi connectivity index (χ0v) is 10.9. The van der Waals surface area contributed by atoms with Gasteiger partial charge in [0, 0.05) is 25.2 Å². The molecule has 2 atom stereocenters. The van der Waals surface area contributed by atoms with Crippen LogP contribution in [0.4, 0.5) is 0 Å². The fourth-order valence-corrected chi connectivity index (χ4v) is 3.19. The third kappa shape index (κ3) is 3.19. The van der Waals surface area contributed by atoms with Gasteiger partial charge in [0.1, 0.15) is 0 Å². The summed E-state index contributed by atoms with van der Waals surface area (Å²) in [6.07, 6.45) is 6.91. The highest BCUT2D eigenvalue weighted by atomic mass is 15.2. The van der Waals surface area contributed by atoms with E-state index in [0.29, 0.717) is 0 Å². The smallest absolute Gasteiger partial charge is 0.0112 e. The molecule has 0 aromatic carbocycles. The Morgan fingerprint density at radius 3 is 2.69 bits per heavy atom. The number of nitrogens with zero attached hydrogens (tertiary/aromatic N) is 2. The predicted octanol–water partition coefficient (Wildman–Crippen LogP) is 1.15. The average molecular weight is 225 g/mol. The van der Waals surface area contributed by atoms with Crippen molar-refractivity contribution in [3.63, 3.8) is 0 Å². The van der Waals surface area contributed by atoms with Gasteiger partial charge < -0.3 is 10.2 Å². The van der Waals surface area contributed by atoms with E-state index in [2.05, 4.69) is 29.2 Å². The quantitative estimate of drug-likeness (QED) is 0.761. The Kier molecular flexibility index (Phi) is 4.62. The fraction of sp³-hybridized carbons (Fsp3) is 1.00. The van der Waals surface area contributed by atoms with Crippen molar-refractivity contribution in [2.75, 3.05) is 40.3 Å². The van der Waals surface area contributed by atoms with Crippen LogP contribution in [-0.2, 0) is 0 Å². The average Bonchev–Trinajstić information content (AvgIpc) is 2.54. The predicted molar refractivity (Wildman–Crippen MR) is 68.8 cm³/mol. The summed E-state index contributed by atoms with van der Waals surface area (Å²) in [5.41, 5.74) is 0. The highest BCUT2D eigenvalue weighted by molar-refractivity contribution is 4.84. The maximum atomic E-state index is 3.46. The van der Waals surface area contributed by atoms with E-state index >= 15 is 0 Å². The van der Waals surface area contributed by atoms with Crippen LogP contribution in [0.15, 0.2) is 0 Å². The van der Waals surface area contributed by atoms with Crippen LogP contribution < -0.4 is 5.32 Å². The molecule has 1 aliphatic carbocycles. The fourth-order valence-electron chi connectivity index (χ4n) is 3.19. The van der Waals surface area contributed by atoms with E-state index in [1.54, 1.807) is 0 Å². The van der Waals surface area contributed by atoms with Gasteiger partial charge in [-0.05, 0) is 52.9 Å². The maximum Gasteiger partial charge on any atom is 0.0112 e. The van der Waals surface area contributed by atoms with Crippen LogP contribution in [0.25, 0.3) is 0 Å². The molecule has 2 fully saturated rings. The van der Waals surface area contributed by atoms with Gasteiger partial charge in [0.25, 0.3) is 0 Å². The SMILES string of the molecule is CN[C@H]1CCC[C@@H](N2CCCN(C)CC2)C1. The van der Waals surface area contributed by atoms with Crippen LogP contribution in [0.5, 0.6) is 0 Å². The van der Waals surface area contributed by atoms with E-state index in [1.165, 1.54) is 58.3 Å². The molecule has 1 aliphatic heterocycles. The molecule has 0 unspecified atom stereocenters. The lowest BCUT2D eigenvalue weighted by atomic mass is 9.90. The van der Waals surface area contributed by atoms with Gasteiger partial charge in [-0.2, -0.15) is 0 Å². The van der Waals surface area contributed by atoms with Crippen molar-refractivity contribution in [2.24, 2.45) is 0 Å². The summed E-state index contributed by atoms with van der Waals surface area (Å²) in [6, 6.07) is 1.61. The maximum absolute atomic E-state index is 3.46. The third-order valence-corrected chi connectivity index (χ3v) is 4.33. The van der Waals surface area contributed by atoms with Crippen molar-refractivity contribution in [3.8, 4) is 0 Å². The minimum atomic E-state index is 0.764. The highest BCUT2D eigenvalue weighted by Crippen LogP contribution is 2.23. The molecule has 0 aromatic rings. The van der Waals surface area contributed by atoms with Gasteiger partial charge in [-0.25, -0.2) is 0 Å². The van der Waals surface area contributed by atoms with Crippen LogP contribution in [0.1, 0.15) is 32.1 Å². The Balaban J connectivity index is 1.85. The molecule has 3 heteroatoms. The first kappa shape index (κ1) is 12.3. The molecule has 1 saturated carbocycles. The Hall–Kier alpha value is -0.120. The Labute approximate surface area is 100 Å². The Bertz CT molecular complexity index is 207. The summed E-state index contributed by atoms with van der Waals surface area (Å²) in [4.78, 5) is 5.21. The lowest BCUT2D eigenvalue weighted by Crippen LogP contribution is -2.44. The van der Waals surface area contributed by atoms with E-state index in [-0.39, 0.29) is 0 Å². The van der Waals surface area contributed by atoms with Gasteiger partial charge in [0.2, 0.25) is 0 Å². The molecule has 16 heavy (non-hydrogen) atoms. The van der Waals surface area contributed by atoms with Crippen LogP contribution in [-0.4, -0.2) is 62.2 Å². The molecule has 2 aliphatic rings. The van der Waals surface area contributed by atoms with Crippen molar-refractivity contribution in [2.45, 2.75) is 44.2 Å². The Morgan fingerprint density at radius 1 is 1.00 bits per heavy atom. The number of likely N-dealkylation sites (N-methyl/N-ethyl adjacent to an activating group) is 1. The second-order valence-electron chi connectivity index (χ2n) is 5.50. The minimum Gasteiger partial charge on any atom is -0.317 e. The van der Waals surface area contributed by atoms with Gasteiger partial charge in [-0.1, -0.05) is 6.42 Å². The summed E-state index contributed by atoms with van der Waals surface area (Å²) in [7, 11) is 4.37. The lowest BCUT2D eigenvalue weighted by molar-refractivity contribution is 0.146. The van der Waals surface area contributed by atoms with Gasteiger partial charge in [0.15, 0.2) is 0 Å². The van der Waals surface area contributed by atoms with Gasteiger partial charge in [-0.3, -0.25) is 4.90 Å². The van der Waals surface area contributed by atoms with Crippen molar-refractivity contribution in [1.82, 2.24) is 15.1 Å². The van der Waals surface area contributed by atoms with Crippen molar-refractivity contribution in [3.05, 3.63) is 0 Å². The zero-order valence-electron chi connectivity index (χ0n) is 10.9. The molecule has 0 bridgehead atoms. The third-order valence-electron chi connectivity index (χ3n) is 4.33. The monoisotopic (exact) mass is 225 g/mol. The van der Waals surface area contributed by atoms with E-state index < -0.39 is 0 Å². The molecular formula is C13H27N3. The molecular weight excluding hydrogens is 198 g/mol. The molecule has 0 radical (unpaired) electrons. The highest BCUT2D eigenvalue weighted by Gasteiger charge is 2.26. The zero-order chi connectivity index (χ0) is 11.4. The van der Waals surface area contributed by atoms with E-state index in [0.717, 1.165) is 12.1 Å². The van der Waals surface area contributed by atoms with Crippen molar-refractivity contribution >= 4 is 0 Å². The normalized spacial score (nSPS) is 34.9. The topological polar surface area (TPSA) is 18.5 Å². The lowest BCUT2D eigenvalue weighted by Gasteiger charge is -2.37. The Morgan fingerprint density at radius 2 is 1.88 bits per heavy atom. The van der Waals surface area contributed by atoms with Crippen molar-refractivity contribution in [1.29, 1.82) is 0 Å². The van der Waals surface area contributed by atoms with Crippen LogP contribution in [0, 0.1) is 0 Å². The number of nitrogens with one attached hydrogen (secondary N) is 1. The van der Waals surface area contributed by atoms with Crippen LogP contribution in [0.3, 0.4) is 0 Å². The number of hydrogen-bond acceptors (Lipinski definition) is 3. The van der Waals surface area contributed by atoms with Crippen LogP contribution >= 0.6 is 0 Å². The first-order valence-electron chi connectivity index (χ1n) is 6.89. The van der Waals surface area contributed by atoms with Gasteiger partial charge in [-0.15, -0.1) is 0 Å². The molecule has 1 N–H and O–H groups in total. The summed E-state index contributed by atoms with van der Waals surface area (Å²) in [5.74, 6) is 0. The second-order valence-corrected chi connectivity index (χ2v) is 5.50. The van der Waals surface area contributed by atoms with E-state index in [9.17, 15) is 0 Å². The summed E-state index contributed by atoms with van der Waals surface area (Å²) in [6.45, 7) is 5.11. The van der Waals surface area contributed by atoms with Gasteiger partial charge in [0.05, 0.1) is 0 Å². The molecule has 1 saturated heterocycles. The van der Waals surface area contributed by atoms with E-state index in [1.807, 2.05) is 0 Å².